The van der Waals surface area contributed by atoms with Crippen molar-refractivity contribution in [3.8, 4) is 0 Å². The van der Waals surface area contributed by atoms with Crippen LogP contribution in [0.1, 0.15) is 42.9 Å². The third-order valence-electron chi connectivity index (χ3n) is 5.32. The lowest BCUT2D eigenvalue weighted by Gasteiger charge is -2.41. The Morgan fingerprint density at radius 2 is 2.12 bits per heavy atom. The summed E-state index contributed by atoms with van der Waals surface area (Å²) < 4.78 is 11.4. The van der Waals surface area contributed by atoms with Gasteiger partial charge in [-0.1, -0.05) is 6.92 Å². The number of nitrogens with zero attached hydrogens (tertiary/aromatic N) is 3. The van der Waals surface area contributed by atoms with E-state index in [9.17, 15) is 4.79 Å². The molecule has 0 saturated carbocycles. The number of hydrogen-bond donors (Lipinski definition) is 0. The van der Waals surface area contributed by atoms with Crippen LogP contribution < -0.4 is 4.90 Å². The van der Waals surface area contributed by atoms with Crippen LogP contribution >= 0.6 is 15.9 Å². The first-order valence-electron chi connectivity index (χ1n) is 8.51. The SMILES string of the molecule is CCOC(=O)c1nc(Br)c(C)nc1N1CCC2(CC1)COCC2C. The number of carbonyl (C=O) groups excluding carboxylic acids is 1. The number of aryl methyl sites for hydroxylation is 1. The fourth-order valence-corrected chi connectivity index (χ4v) is 3.87. The molecule has 132 valence electrons. The molecule has 6 nitrogen and oxygen atoms in total. The molecule has 0 N–H and O–H groups in total. The number of carbonyl (C=O) groups is 1. The lowest BCUT2D eigenvalue weighted by atomic mass is 9.72. The number of piperidine rings is 1. The largest absolute Gasteiger partial charge is 0.461 e. The van der Waals surface area contributed by atoms with E-state index < -0.39 is 5.97 Å². The average Bonchev–Trinajstić information content (AvgIpc) is 2.91. The molecule has 7 heteroatoms. The van der Waals surface area contributed by atoms with E-state index in [-0.39, 0.29) is 5.41 Å². The van der Waals surface area contributed by atoms with Crippen LogP contribution in [0.2, 0.25) is 0 Å². The number of rotatable bonds is 3. The zero-order valence-electron chi connectivity index (χ0n) is 14.5. The summed E-state index contributed by atoms with van der Waals surface area (Å²) >= 11 is 3.36. The lowest BCUT2D eigenvalue weighted by Crippen LogP contribution is -2.44. The van der Waals surface area contributed by atoms with Crippen LogP contribution in [0.15, 0.2) is 4.60 Å². The molecule has 3 rings (SSSR count). The van der Waals surface area contributed by atoms with E-state index in [0.717, 1.165) is 44.8 Å². The number of anilines is 1. The number of ether oxygens (including phenoxy) is 2. The molecule has 0 amide bonds. The Hall–Kier alpha value is -1.21. The van der Waals surface area contributed by atoms with Crippen molar-refractivity contribution in [2.45, 2.75) is 33.6 Å². The van der Waals surface area contributed by atoms with E-state index in [4.69, 9.17) is 9.47 Å². The van der Waals surface area contributed by atoms with Crippen molar-refractivity contribution in [1.29, 1.82) is 0 Å². The molecule has 0 bridgehead atoms. The third-order valence-corrected chi connectivity index (χ3v) is 6.08. The van der Waals surface area contributed by atoms with Crippen molar-refractivity contribution in [2.24, 2.45) is 11.3 Å². The minimum atomic E-state index is -0.418. The highest BCUT2D eigenvalue weighted by Gasteiger charge is 2.44. The molecule has 0 aliphatic carbocycles. The molecule has 2 fully saturated rings. The second-order valence-electron chi connectivity index (χ2n) is 6.76. The summed E-state index contributed by atoms with van der Waals surface area (Å²) in [5.41, 5.74) is 1.34. The number of hydrogen-bond acceptors (Lipinski definition) is 6. The van der Waals surface area contributed by atoms with Crippen LogP contribution in [-0.4, -0.2) is 48.8 Å². The predicted molar refractivity (Wildman–Crippen MR) is 94.3 cm³/mol. The van der Waals surface area contributed by atoms with E-state index in [1.54, 1.807) is 6.92 Å². The standard InChI is InChI=1S/C17H24BrN3O3/c1-4-24-16(22)13-15(19-12(3)14(18)20-13)21-7-5-17(6-8-21)10-23-9-11(17)2/h11H,4-10H2,1-3H3. The van der Waals surface area contributed by atoms with Crippen molar-refractivity contribution in [3.63, 3.8) is 0 Å². The highest BCUT2D eigenvalue weighted by Crippen LogP contribution is 2.44. The maximum Gasteiger partial charge on any atom is 0.360 e. The van der Waals surface area contributed by atoms with Gasteiger partial charge in [0, 0.05) is 25.1 Å². The van der Waals surface area contributed by atoms with Gasteiger partial charge in [0.2, 0.25) is 0 Å². The van der Waals surface area contributed by atoms with Crippen molar-refractivity contribution >= 4 is 27.7 Å². The molecule has 0 radical (unpaired) electrons. The second-order valence-corrected chi connectivity index (χ2v) is 7.51. The normalized spacial score (nSPS) is 22.8. The molecule has 1 atom stereocenters. The molecule has 2 aliphatic heterocycles. The van der Waals surface area contributed by atoms with Crippen molar-refractivity contribution in [3.05, 3.63) is 16.0 Å². The van der Waals surface area contributed by atoms with Gasteiger partial charge in [0.25, 0.3) is 0 Å². The van der Waals surface area contributed by atoms with Crippen LogP contribution in [0.25, 0.3) is 0 Å². The summed E-state index contributed by atoms with van der Waals surface area (Å²) in [7, 11) is 0. The topological polar surface area (TPSA) is 64.5 Å². The van der Waals surface area contributed by atoms with Crippen LogP contribution in [-0.2, 0) is 9.47 Å². The molecular weight excluding hydrogens is 374 g/mol. The van der Waals surface area contributed by atoms with Gasteiger partial charge in [0.15, 0.2) is 11.5 Å². The Labute approximate surface area is 151 Å². The summed E-state index contributed by atoms with van der Waals surface area (Å²) in [6, 6.07) is 0. The average molecular weight is 398 g/mol. The molecule has 1 aromatic heterocycles. The van der Waals surface area contributed by atoms with Gasteiger partial charge in [0.05, 0.1) is 18.9 Å². The number of halogens is 1. The number of esters is 1. The minimum absolute atomic E-state index is 0.276. The fourth-order valence-electron chi connectivity index (χ4n) is 3.60. The van der Waals surface area contributed by atoms with Crippen LogP contribution in [0, 0.1) is 18.3 Å². The molecule has 3 heterocycles. The van der Waals surface area contributed by atoms with Crippen LogP contribution in [0.3, 0.4) is 0 Å². The second kappa shape index (κ2) is 6.96. The maximum absolute atomic E-state index is 12.3. The summed E-state index contributed by atoms with van der Waals surface area (Å²) in [6.45, 7) is 9.68. The quantitative estimate of drug-likeness (QED) is 0.730. The summed E-state index contributed by atoms with van der Waals surface area (Å²) in [4.78, 5) is 23.4. The molecule has 1 spiro atoms. The molecule has 2 saturated heterocycles. The first kappa shape index (κ1) is 17.6. The van der Waals surface area contributed by atoms with E-state index in [0.29, 0.717) is 28.6 Å². The highest BCUT2D eigenvalue weighted by atomic mass is 79.9. The van der Waals surface area contributed by atoms with Crippen molar-refractivity contribution in [1.82, 2.24) is 9.97 Å². The molecular formula is C17H24BrN3O3. The van der Waals surface area contributed by atoms with E-state index in [2.05, 4.69) is 37.7 Å². The summed E-state index contributed by atoms with van der Waals surface area (Å²) in [5.74, 6) is 0.802. The smallest absolute Gasteiger partial charge is 0.360 e. The van der Waals surface area contributed by atoms with E-state index in [1.807, 2.05) is 6.92 Å². The van der Waals surface area contributed by atoms with Crippen LogP contribution in [0.4, 0.5) is 5.82 Å². The van der Waals surface area contributed by atoms with Gasteiger partial charge >= 0.3 is 5.97 Å². The van der Waals surface area contributed by atoms with Gasteiger partial charge < -0.3 is 14.4 Å². The van der Waals surface area contributed by atoms with Gasteiger partial charge in [-0.15, -0.1) is 0 Å². The van der Waals surface area contributed by atoms with Gasteiger partial charge in [-0.2, -0.15) is 0 Å². The first-order chi connectivity index (χ1) is 11.5. The first-order valence-corrected chi connectivity index (χ1v) is 9.30. The zero-order valence-corrected chi connectivity index (χ0v) is 16.1. The Bertz CT molecular complexity index is 630. The Morgan fingerprint density at radius 3 is 2.71 bits per heavy atom. The molecule has 2 aliphatic rings. The monoisotopic (exact) mass is 397 g/mol. The summed E-state index contributed by atoms with van der Waals surface area (Å²) in [6.07, 6.45) is 2.10. The summed E-state index contributed by atoms with van der Waals surface area (Å²) in [5, 5.41) is 0. The third kappa shape index (κ3) is 3.16. The lowest BCUT2D eigenvalue weighted by molar-refractivity contribution is 0.0519. The van der Waals surface area contributed by atoms with Gasteiger partial charge in [-0.05, 0) is 48.5 Å². The maximum atomic E-state index is 12.3. The molecule has 1 aromatic rings. The fraction of sp³-hybridized carbons (Fsp3) is 0.706. The van der Waals surface area contributed by atoms with Crippen molar-refractivity contribution in [2.75, 3.05) is 37.8 Å². The Morgan fingerprint density at radius 1 is 1.42 bits per heavy atom. The van der Waals surface area contributed by atoms with Gasteiger partial charge in [0.1, 0.15) is 4.60 Å². The van der Waals surface area contributed by atoms with Crippen LogP contribution in [0.5, 0.6) is 0 Å². The zero-order chi connectivity index (χ0) is 17.3. The van der Waals surface area contributed by atoms with Crippen molar-refractivity contribution < 1.29 is 14.3 Å². The van der Waals surface area contributed by atoms with E-state index in [1.165, 1.54) is 0 Å². The Kier molecular flexibility index (Phi) is 5.11. The Balaban J connectivity index is 1.84. The highest BCUT2D eigenvalue weighted by molar-refractivity contribution is 9.10. The van der Waals surface area contributed by atoms with Gasteiger partial charge in [-0.25, -0.2) is 14.8 Å². The molecule has 0 aromatic carbocycles. The van der Waals surface area contributed by atoms with E-state index >= 15 is 0 Å². The minimum Gasteiger partial charge on any atom is -0.461 e. The predicted octanol–water partition coefficient (Wildman–Crippen LogP) is 2.98. The van der Waals surface area contributed by atoms with Gasteiger partial charge in [-0.3, -0.25) is 0 Å². The molecule has 1 unspecified atom stereocenters. The number of aromatic nitrogens is 2. The molecule has 24 heavy (non-hydrogen) atoms.